The Morgan fingerprint density at radius 3 is 2.32 bits per heavy atom. The van der Waals surface area contributed by atoms with Crippen LogP contribution in [0, 0.1) is 10.8 Å². The molecule has 9 nitrogen and oxygen atoms in total. The molecule has 0 unspecified atom stereocenters. The van der Waals surface area contributed by atoms with Crippen molar-refractivity contribution >= 4 is 6.03 Å². The number of hydrogen-bond acceptors (Lipinski definition) is 5. The number of likely N-dealkylation sites (tertiary alicyclic amines) is 3. The van der Waals surface area contributed by atoms with Crippen LogP contribution >= 0.6 is 0 Å². The maximum atomic E-state index is 13.3. The van der Waals surface area contributed by atoms with Gasteiger partial charge in [-0.3, -0.25) is 9.58 Å². The van der Waals surface area contributed by atoms with Gasteiger partial charge < -0.3 is 9.80 Å². The third-order valence-corrected chi connectivity index (χ3v) is 9.48. The van der Waals surface area contributed by atoms with Gasteiger partial charge in [-0.05, 0) is 51.6 Å². The number of carbonyl (C=O) groups excluding carboxylic acids is 1. The normalized spacial score (nSPS) is 25.3. The summed E-state index contributed by atoms with van der Waals surface area (Å²) in [6.07, 6.45) is 4.77. The molecule has 2 spiro atoms. The average Bonchev–Trinajstić information content (AvgIpc) is 3.40. The highest BCUT2D eigenvalue weighted by Gasteiger charge is 2.57. The predicted octanol–water partition coefficient (Wildman–Crippen LogP) is 3.26. The fourth-order valence-corrected chi connectivity index (χ4v) is 6.98. The van der Waals surface area contributed by atoms with E-state index >= 15 is 0 Å². The van der Waals surface area contributed by atoms with Crippen molar-refractivity contribution in [1.82, 2.24) is 39.2 Å². The van der Waals surface area contributed by atoms with E-state index in [4.69, 9.17) is 0 Å². The molecule has 0 atom stereocenters. The summed E-state index contributed by atoms with van der Waals surface area (Å²) >= 11 is 0. The molecule has 0 bridgehead atoms. The van der Waals surface area contributed by atoms with Crippen LogP contribution in [0.25, 0.3) is 0 Å². The molecule has 37 heavy (non-hydrogen) atoms. The van der Waals surface area contributed by atoms with Crippen LogP contribution in [0.15, 0.2) is 12.5 Å². The molecule has 2 amide bonds. The molecule has 2 saturated carbocycles. The van der Waals surface area contributed by atoms with E-state index in [1.165, 1.54) is 17.5 Å². The van der Waals surface area contributed by atoms with Crippen molar-refractivity contribution in [2.75, 3.05) is 39.3 Å². The molecule has 5 heterocycles. The predicted molar refractivity (Wildman–Crippen MR) is 126 cm³/mol. The Hall–Kier alpha value is -2.63. The lowest BCUT2D eigenvalue weighted by atomic mass is 9.60. The van der Waals surface area contributed by atoms with Crippen molar-refractivity contribution in [3.8, 4) is 0 Å². The van der Waals surface area contributed by atoms with Crippen molar-refractivity contribution in [3.63, 3.8) is 0 Å². The molecule has 5 fully saturated rings. The van der Waals surface area contributed by atoms with Gasteiger partial charge in [0.1, 0.15) is 6.33 Å². The number of aryl methyl sites for hydroxylation is 1. The molecule has 3 saturated heterocycles. The summed E-state index contributed by atoms with van der Waals surface area (Å²) in [7, 11) is 1.56. The topological polar surface area (TPSA) is 75.3 Å². The summed E-state index contributed by atoms with van der Waals surface area (Å²) in [5, 5.41) is 8.50. The summed E-state index contributed by atoms with van der Waals surface area (Å²) < 4.78 is 43.3. The van der Waals surface area contributed by atoms with Crippen LogP contribution in [0.3, 0.4) is 0 Å². The maximum Gasteiger partial charge on any atom is 0.419 e. The second-order valence-electron chi connectivity index (χ2n) is 12.3. The lowest BCUT2D eigenvalue weighted by molar-refractivity contribution is -0.138. The minimum Gasteiger partial charge on any atom is -0.323 e. The summed E-state index contributed by atoms with van der Waals surface area (Å²) in [4.78, 5) is 23.5. The Kier molecular flexibility index (Phi) is 5.04. The minimum atomic E-state index is -4.39. The van der Waals surface area contributed by atoms with Gasteiger partial charge in [0.25, 0.3) is 0 Å². The van der Waals surface area contributed by atoms with Gasteiger partial charge in [-0.25, -0.2) is 14.5 Å². The molecule has 0 radical (unpaired) electrons. The summed E-state index contributed by atoms with van der Waals surface area (Å²) in [6, 6.07) is 0.553. The number of amides is 2. The fraction of sp³-hybridized carbons (Fsp3) is 0.760. The Labute approximate surface area is 213 Å². The molecule has 2 aromatic rings. The minimum absolute atomic E-state index is 0.113. The van der Waals surface area contributed by atoms with Crippen LogP contribution < -0.4 is 0 Å². The van der Waals surface area contributed by atoms with E-state index in [2.05, 4.69) is 20.1 Å². The first kappa shape index (κ1) is 23.5. The van der Waals surface area contributed by atoms with Gasteiger partial charge in [-0.1, -0.05) is 0 Å². The van der Waals surface area contributed by atoms with Gasteiger partial charge in [0.2, 0.25) is 0 Å². The van der Waals surface area contributed by atoms with E-state index in [9.17, 15) is 18.0 Å². The Morgan fingerprint density at radius 2 is 1.70 bits per heavy atom. The number of urea groups is 1. The van der Waals surface area contributed by atoms with Crippen molar-refractivity contribution < 1.29 is 18.0 Å². The highest BCUT2D eigenvalue weighted by atomic mass is 19.4. The molecule has 200 valence electrons. The summed E-state index contributed by atoms with van der Waals surface area (Å²) in [6.45, 7) is 4.90. The van der Waals surface area contributed by atoms with Gasteiger partial charge in [0.15, 0.2) is 5.82 Å². The summed E-state index contributed by atoms with van der Waals surface area (Å²) in [5.41, 5.74) is -0.0702. The smallest absolute Gasteiger partial charge is 0.323 e. The van der Waals surface area contributed by atoms with Crippen molar-refractivity contribution in [3.05, 3.63) is 29.6 Å². The zero-order valence-electron chi connectivity index (χ0n) is 21.1. The van der Waals surface area contributed by atoms with Crippen LogP contribution in [0.2, 0.25) is 0 Å². The van der Waals surface area contributed by atoms with E-state index in [-0.39, 0.29) is 29.1 Å². The maximum absolute atomic E-state index is 13.3. The number of piperidine rings is 1. The van der Waals surface area contributed by atoms with Gasteiger partial charge >= 0.3 is 12.2 Å². The van der Waals surface area contributed by atoms with E-state index in [1.54, 1.807) is 7.05 Å². The molecule has 2 aliphatic carbocycles. The third-order valence-electron chi connectivity index (χ3n) is 9.48. The van der Waals surface area contributed by atoms with Gasteiger partial charge in [0.05, 0.1) is 23.5 Å². The standard InChI is InChI=1S/C25H33F3N8O/c1-32-20(19(10-30-32)25(26,27)28)11-33-6-4-23(5-7-33)12-34(13-23)22(37)35-14-24(15-35)8-18(9-24)36-16-29-21(31-36)17-2-3-17/h10,16-18H,2-9,11-15H2,1H3. The van der Waals surface area contributed by atoms with Crippen LogP contribution in [0.4, 0.5) is 18.0 Å². The molecule has 0 aromatic carbocycles. The molecule has 2 aromatic heterocycles. The van der Waals surface area contributed by atoms with Gasteiger partial charge in [-0.2, -0.15) is 23.4 Å². The quantitative estimate of drug-likeness (QED) is 0.621. The van der Waals surface area contributed by atoms with Crippen LogP contribution in [-0.2, 0) is 19.8 Å². The largest absolute Gasteiger partial charge is 0.419 e. The second-order valence-corrected chi connectivity index (χ2v) is 12.3. The zero-order valence-corrected chi connectivity index (χ0v) is 21.1. The Bertz CT molecular complexity index is 1190. The first-order valence-corrected chi connectivity index (χ1v) is 13.4. The van der Waals surface area contributed by atoms with Crippen LogP contribution in [0.5, 0.6) is 0 Å². The molecular formula is C25H33F3N8O. The Morgan fingerprint density at radius 1 is 1.05 bits per heavy atom. The fourth-order valence-electron chi connectivity index (χ4n) is 6.98. The molecule has 7 rings (SSSR count). The van der Waals surface area contributed by atoms with Crippen LogP contribution in [0.1, 0.15) is 67.6 Å². The average molecular weight is 519 g/mol. The number of alkyl halides is 3. The van der Waals surface area contributed by atoms with E-state index in [0.717, 1.165) is 77.0 Å². The van der Waals surface area contributed by atoms with Crippen molar-refractivity contribution in [1.29, 1.82) is 0 Å². The van der Waals surface area contributed by atoms with Crippen molar-refractivity contribution in [2.45, 2.75) is 63.2 Å². The van der Waals surface area contributed by atoms with E-state index in [0.29, 0.717) is 12.0 Å². The van der Waals surface area contributed by atoms with Gasteiger partial charge in [0, 0.05) is 56.5 Å². The lowest BCUT2D eigenvalue weighted by Crippen LogP contribution is -2.70. The molecular weight excluding hydrogens is 485 g/mol. The number of carbonyl (C=O) groups is 1. The molecule has 5 aliphatic rings. The zero-order chi connectivity index (χ0) is 25.6. The first-order chi connectivity index (χ1) is 17.6. The van der Waals surface area contributed by atoms with E-state index in [1.807, 2.05) is 20.8 Å². The lowest BCUT2D eigenvalue weighted by Gasteiger charge is -2.61. The highest BCUT2D eigenvalue weighted by molar-refractivity contribution is 5.76. The van der Waals surface area contributed by atoms with Crippen molar-refractivity contribution in [2.24, 2.45) is 17.9 Å². The number of halogens is 3. The highest BCUT2D eigenvalue weighted by Crippen LogP contribution is 2.54. The van der Waals surface area contributed by atoms with Gasteiger partial charge in [-0.15, -0.1) is 0 Å². The third kappa shape index (κ3) is 4.02. The monoisotopic (exact) mass is 518 g/mol. The SMILES string of the molecule is Cn1ncc(C(F)(F)F)c1CN1CCC2(CC1)CN(C(=O)N1CC3(CC(n4cnc(C5CC5)n4)C3)C1)C2. The number of aromatic nitrogens is 5. The molecule has 3 aliphatic heterocycles. The number of nitrogens with zero attached hydrogens (tertiary/aromatic N) is 8. The number of hydrogen-bond donors (Lipinski definition) is 0. The first-order valence-electron chi connectivity index (χ1n) is 13.4. The van der Waals surface area contributed by atoms with Crippen LogP contribution in [-0.4, -0.2) is 84.5 Å². The van der Waals surface area contributed by atoms with E-state index < -0.39 is 11.7 Å². The summed E-state index contributed by atoms with van der Waals surface area (Å²) in [5.74, 6) is 1.56. The second kappa shape index (κ2) is 7.94. The number of rotatable bonds is 4. The molecule has 0 N–H and O–H groups in total. The molecule has 12 heteroatoms. The Balaban J connectivity index is 0.861.